The predicted octanol–water partition coefficient (Wildman–Crippen LogP) is 3.36. The van der Waals surface area contributed by atoms with Crippen LogP contribution in [0.1, 0.15) is 40.4 Å². The number of carbonyl (C=O) groups excluding carboxylic acids is 1. The van der Waals surface area contributed by atoms with Crippen LogP contribution in [0.5, 0.6) is 5.75 Å². The van der Waals surface area contributed by atoms with E-state index < -0.39 is 12.0 Å². The summed E-state index contributed by atoms with van der Waals surface area (Å²) in [6.07, 6.45) is 0.560. The highest BCUT2D eigenvalue weighted by atomic mass is 16.5. The van der Waals surface area contributed by atoms with Crippen molar-refractivity contribution in [1.29, 1.82) is 0 Å². The molecule has 1 amide bonds. The Morgan fingerprint density at radius 2 is 1.89 bits per heavy atom. The van der Waals surface area contributed by atoms with E-state index in [9.17, 15) is 14.7 Å². The van der Waals surface area contributed by atoms with Gasteiger partial charge in [-0.15, -0.1) is 0 Å². The van der Waals surface area contributed by atoms with Crippen LogP contribution in [0.4, 0.5) is 0 Å². The maximum Gasteiger partial charge on any atom is 0.305 e. The van der Waals surface area contributed by atoms with Gasteiger partial charge in [0.2, 0.25) is 0 Å². The number of carboxylic acids is 1. The number of benzene rings is 2. The second kappa shape index (κ2) is 10.3. The molecule has 0 fully saturated rings. The third-order valence-electron chi connectivity index (χ3n) is 4.11. The van der Waals surface area contributed by atoms with Crippen LogP contribution in [0.15, 0.2) is 48.5 Å². The van der Waals surface area contributed by atoms with Crippen molar-refractivity contribution in [3.05, 3.63) is 65.2 Å². The van der Waals surface area contributed by atoms with Crippen LogP contribution in [0.2, 0.25) is 0 Å². The second-order valence-electron chi connectivity index (χ2n) is 6.20. The predicted molar refractivity (Wildman–Crippen MR) is 102 cm³/mol. The molecule has 144 valence electrons. The molecule has 0 saturated carbocycles. The number of hydrogen-bond acceptors (Lipinski definition) is 4. The molecule has 0 aliphatic carbocycles. The van der Waals surface area contributed by atoms with Crippen molar-refractivity contribution in [3.8, 4) is 5.75 Å². The Bertz CT molecular complexity index is 775. The minimum Gasteiger partial charge on any atom is -0.493 e. The molecule has 2 aromatic rings. The maximum absolute atomic E-state index is 12.7. The van der Waals surface area contributed by atoms with E-state index in [4.69, 9.17) is 9.47 Å². The summed E-state index contributed by atoms with van der Waals surface area (Å²) in [5, 5.41) is 12.1. The number of ether oxygens (including phenoxy) is 2. The van der Waals surface area contributed by atoms with Gasteiger partial charge in [-0.05, 0) is 36.2 Å². The number of amides is 1. The van der Waals surface area contributed by atoms with Gasteiger partial charge in [-0.25, -0.2) is 0 Å². The average Bonchev–Trinajstić information content (AvgIpc) is 2.65. The lowest BCUT2D eigenvalue weighted by atomic mass is 9.98. The third-order valence-corrected chi connectivity index (χ3v) is 4.11. The SMILES string of the molecule is COCCCOc1cccc(C(=O)NC(CC(=O)O)c2ccccc2C)c1. The van der Waals surface area contributed by atoms with Crippen LogP contribution < -0.4 is 10.1 Å². The fourth-order valence-electron chi connectivity index (χ4n) is 2.75. The molecule has 6 heteroatoms. The van der Waals surface area contributed by atoms with Gasteiger partial charge in [0.1, 0.15) is 5.75 Å². The minimum atomic E-state index is -0.973. The van der Waals surface area contributed by atoms with E-state index in [1.165, 1.54) is 0 Å². The van der Waals surface area contributed by atoms with Crippen molar-refractivity contribution >= 4 is 11.9 Å². The van der Waals surface area contributed by atoms with Gasteiger partial charge in [-0.1, -0.05) is 30.3 Å². The summed E-state index contributed by atoms with van der Waals surface area (Å²) in [7, 11) is 1.63. The Balaban J connectivity index is 2.10. The maximum atomic E-state index is 12.7. The molecule has 1 atom stereocenters. The fraction of sp³-hybridized carbons (Fsp3) is 0.333. The summed E-state index contributed by atoms with van der Waals surface area (Å²) in [6, 6.07) is 13.7. The van der Waals surface area contributed by atoms with Crippen molar-refractivity contribution in [2.45, 2.75) is 25.8 Å². The summed E-state index contributed by atoms with van der Waals surface area (Å²) in [5.74, 6) is -0.727. The molecule has 0 bridgehead atoms. The zero-order valence-corrected chi connectivity index (χ0v) is 15.6. The number of methoxy groups -OCH3 is 1. The van der Waals surface area contributed by atoms with Crippen molar-refractivity contribution < 1.29 is 24.2 Å². The molecule has 27 heavy (non-hydrogen) atoms. The highest BCUT2D eigenvalue weighted by Gasteiger charge is 2.20. The topological polar surface area (TPSA) is 84.9 Å². The molecule has 0 spiro atoms. The minimum absolute atomic E-state index is 0.191. The molecule has 0 radical (unpaired) electrons. The van der Waals surface area contributed by atoms with E-state index in [2.05, 4.69) is 5.32 Å². The van der Waals surface area contributed by atoms with Crippen molar-refractivity contribution in [1.82, 2.24) is 5.32 Å². The van der Waals surface area contributed by atoms with Crippen LogP contribution in [0.25, 0.3) is 0 Å². The van der Waals surface area contributed by atoms with Crippen LogP contribution in [-0.4, -0.2) is 37.3 Å². The highest BCUT2D eigenvalue weighted by molar-refractivity contribution is 5.95. The lowest BCUT2D eigenvalue weighted by Gasteiger charge is -2.19. The Kier molecular flexibility index (Phi) is 7.82. The Hall–Kier alpha value is -2.86. The molecule has 2 rings (SSSR count). The summed E-state index contributed by atoms with van der Waals surface area (Å²) in [4.78, 5) is 23.9. The number of aliphatic carboxylic acids is 1. The molecule has 2 N–H and O–H groups in total. The first-order valence-electron chi connectivity index (χ1n) is 8.81. The molecule has 0 saturated heterocycles. The van der Waals surface area contributed by atoms with Gasteiger partial charge in [0.25, 0.3) is 5.91 Å². The standard InChI is InChI=1S/C21H25NO5/c1-15-7-3-4-10-18(15)19(14-20(23)24)22-21(25)16-8-5-9-17(13-16)27-12-6-11-26-2/h3-5,7-10,13,19H,6,11-12,14H2,1-2H3,(H,22,25)(H,23,24). The number of nitrogens with one attached hydrogen (secondary N) is 1. The van der Waals surface area contributed by atoms with Gasteiger partial charge in [0.05, 0.1) is 19.1 Å². The first kappa shape index (κ1) is 20.5. The molecule has 0 aliphatic rings. The summed E-state index contributed by atoms with van der Waals surface area (Å²) < 4.78 is 10.6. The average molecular weight is 371 g/mol. The Morgan fingerprint density at radius 1 is 1.11 bits per heavy atom. The van der Waals surface area contributed by atoms with Crippen molar-refractivity contribution in [2.24, 2.45) is 0 Å². The largest absolute Gasteiger partial charge is 0.493 e. The summed E-state index contributed by atoms with van der Waals surface area (Å²) in [5.41, 5.74) is 2.14. The number of carbonyl (C=O) groups is 2. The van der Waals surface area contributed by atoms with Crippen LogP contribution in [0.3, 0.4) is 0 Å². The zero-order chi connectivity index (χ0) is 19.6. The first-order valence-corrected chi connectivity index (χ1v) is 8.81. The number of hydrogen-bond donors (Lipinski definition) is 2. The molecule has 0 aromatic heterocycles. The van der Waals surface area contributed by atoms with E-state index in [-0.39, 0.29) is 12.3 Å². The first-order chi connectivity index (χ1) is 13.0. The summed E-state index contributed by atoms with van der Waals surface area (Å²) in [6.45, 7) is 2.99. The lowest BCUT2D eigenvalue weighted by Crippen LogP contribution is -2.30. The lowest BCUT2D eigenvalue weighted by molar-refractivity contribution is -0.137. The smallest absolute Gasteiger partial charge is 0.305 e. The Labute approximate surface area is 159 Å². The molecule has 1 unspecified atom stereocenters. The van der Waals surface area contributed by atoms with E-state index in [1.54, 1.807) is 31.4 Å². The second-order valence-corrected chi connectivity index (χ2v) is 6.20. The van der Waals surface area contributed by atoms with Crippen molar-refractivity contribution in [2.75, 3.05) is 20.3 Å². The van der Waals surface area contributed by atoms with Crippen LogP contribution >= 0.6 is 0 Å². The van der Waals surface area contributed by atoms with Gasteiger partial charge in [0, 0.05) is 25.7 Å². The van der Waals surface area contributed by atoms with Crippen LogP contribution in [-0.2, 0) is 9.53 Å². The van der Waals surface area contributed by atoms with Gasteiger partial charge in [-0.3, -0.25) is 9.59 Å². The van der Waals surface area contributed by atoms with Gasteiger partial charge in [0.15, 0.2) is 0 Å². The number of aryl methyl sites for hydroxylation is 1. The van der Waals surface area contributed by atoms with Crippen molar-refractivity contribution in [3.63, 3.8) is 0 Å². The van der Waals surface area contributed by atoms with E-state index >= 15 is 0 Å². The molecule has 2 aromatic carbocycles. The molecular weight excluding hydrogens is 346 g/mol. The molecule has 0 heterocycles. The number of rotatable bonds is 10. The zero-order valence-electron chi connectivity index (χ0n) is 15.6. The van der Waals surface area contributed by atoms with Gasteiger partial charge in [-0.2, -0.15) is 0 Å². The van der Waals surface area contributed by atoms with Gasteiger partial charge >= 0.3 is 5.97 Å². The van der Waals surface area contributed by atoms with E-state index in [0.717, 1.165) is 17.5 Å². The van der Waals surface area contributed by atoms with E-state index in [1.807, 2.05) is 31.2 Å². The monoisotopic (exact) mass is 371 g/mol. The number of carboxylic acid groups (broad SMARTS) is 1. The fourth-order valence-corrected chi connectivity index (χ4v) is 2.75. The van der Waals surface area contributed by atoms with Crippen LogP contribution in [0, 0.1) is 6.92 Å². The summed E-state index contributed by atoms with van der Waals surface area (Å²) >= 11 is 0. The van der Waals surface area contributed by atoms with E-state index in [0.29, 0.717) is 24.5 Å². The quantitative estimate of drug-likeness (QED) is 0.626. The normalized spacial score (nSPS) is 11.6. The highest BCUT2D eigenvalue weighted by Crippen LogP contribution is 2.22. The molecular formula is C21H25NO5. The third kappa shape index (κ3) is 6.42. The Morgan fingerprint density at radius 3 is 2.59 bits per heavy atom. The molecule has 6 nitrogen and oxygen atoms in total. The van der Waals surface area contributed by atoms with Gasteiger partial charge < -0.3 is 19.9 Å². The molecule has 0 aliphatic heterocycles.